The number of para-hydroxylation sites is 2. The van der Waals surface area contributed by atoms with E-state index >= 15 is 0 Å². The Balaban J connectivity index is 1.54. The number of ether oxygens (including phenoxy) is 1. The highest BCUT2D eigenvalue weighted by Gasteiger charge is 2.08. The largest absolute Gasteiger partial charge is 0.497 e. The first-order chi connectivity index (χ1) is 12.3. The lowest BCUT2D eigenvalue weighted by molar-refractivity contribution is -0.115. The first-order valence-electron chi connectivity index (χ1n) is 7.90. The van der Waals surface area contributed by atoms with Crippen LogP contribution in [0.4, 0.5) is 5.69 Å². The van der Waals surface area contributed by atoms with Gasteiger partial charge in [0.2, 0.25) is 5.91 Å². The number of hydrogen-bond donors (Lipinski definition) is 1. The lowest BCUT2D eigenvalue weighted by Crippen LogP contribution is -2.13. The summed E-state index contributed by atoms with van der Waals surface area (Å²) in [6.45, 7) is 0. The fourth-order valence-corrected chi connectivity index (χ4v) is 3.20. The van der Waals surface area contributed by atoms with Crippen LogP contribution in [0.2, 0.25) is 0 Å². The summed E-state index contributed by atoms with van der Waals surface area (Å²) in [4.78, 5) is 17.4. The summed E-state index contributed by atoms with van der Waals surface area (Å²) in [5.74, 6) is 1.54. The number of carbonyl (C=O) groups excluding carboxylic acids is 1. The maximum atomic E-state index is 12.3. The number of aromatic nitrogens is 2. The van der Waals surface area contributed by atoms with Gasteiger partial charge in [0.25, 0.3) is 0 Å². The Bertz CT molecular complexity index is 817. The number of methoxy groups -OCH3 is 1. The standard InChI is InChI=1S/C19H19N3O2S/c1-24-15-6-8-16(9-7-15)25-13-10-19(23)21-17-4-2-3-5-18(17)22-12-11-20-14-22/h2-9,11-12,14H,10,13H2,1H3,(H,21,23). The molecule has 128 valence electrons. The number of thioether (sulfide) groups is 1. The third-order valence-electron chi connectivity index (χ3n) is 3.62. The van der Waals surface area contributed by atoms with Gasteiger partial charge in [-0.1, -0.05) is 12.1 Å². The van der Waals surface area contributed by atoms with Crippen molar-refractivity contribution in [3.05, 3.63) is 67.3 Å². The highest BCUT2D eigenvalue weighted by atomic mass is 32.2. The summed E-state index contributed by atoms with van der Waals surface area (Å²) in [7, 11) is 1.65. The molecule has 25 heavy (non-hydrogen) atoms. The minimum Gasteiger partial charge on any atom is -0.497 e. The van der Waals surface area contributed by atoms with Gasteiger partial charge in [-0.05, 0) is 36.4 Å². The third-order valence-corrected chi connectivity index (χ3v) is 4.63. The van der Waals surface area contributed by atoms with Gasteiger partial charge >= 0.3 is 0 Å². The van der Waals surface area contributed by atoms with Crippen molar-refractivity contribution in [1.29, 1.82) is 0 Å². The molecule has 0 fully saturated rings. The number of rotatable bonds is 7. The van der Waals surface area contributed by atoms with Crippen molar-refractivity contribution in [3.8, 4) is 11.4 Å². The summed E-state index contributed by atoms with van der Waals surface area (Å²) in [6.07, 6.45) is 5.72. The van der Waals surface area contributed by atoms with Gasteiger partial charge in [0.1, 0.15) is 5.75 Å². The van der Waals surface area contributed by atoms with Crippen molar-refractivity contribution >= 4 is 23.4 Å². The van der Waals surface area contributed by atoms with Crippen LogP contribution in [0.25, 0.3) is 5.69 Å². The van der Waals surface area contributed by atoms with Crippen LogP contribution in [-0.4, -0.2) is 28.3 Å². The summed E-state index contributed by atoms with van der Waals surface area (Å²) in [5.41, 5.74) is 1.68. The van der Waals surface area contributed by atoms with Gasteiger partial charge in [0.15, 0.2) is 0 Å². The second kappa shape index (κ2) is 8.39. The smallest absolute Gasteiger partial charge is 0.225 e. The van der Waals surface area contributed by atoms with Crippen molar-refractivity contribution in [1.82, 2.24) is 9.55 Å². The van der Waals surface area contributed by atoms with Gasteiger partial charge < -0.3 is 14.6 Å². The SMILES string of the molecule is COc1ccc(SCCC(=O)Nc2ccccc2-n2ccnc2)cc1. The molecule has 0 radical (unpaired) electrons. The number of anilines is 1. The molecule has 1 heterocycles. The normalized spacial score (nSPS) is 10.4. The second-order valence-electron chi connectivity index (χ2n) is 5.31. The molecule has 1 aromatic heterocycles. The predicted octanol–water partition coefficient (Wildman–Crippen LogP) is 4.00. The molecule has 0 spiro atoms. The second-order valence-corrected chi connectivity index (χ2v) is 6.48. The summed E-state index contributed by atoms with van der Waals surface area (Å²) >= 11 is 1.65. The van der Waals surface area contributed by atoms with E-state index in [0.717, 1.165) is 22.0 Å². The van der Waals surface area contributed by atoms with E-state index in [1.807, 2.05) is 59.3 Å². The molecule has 3 rings (SSSR count). The Labute approximate surface area is 151 Å². The number of amides is 1. The van der Waals surface area contributed by atoms with Crippen molar-refractivity contribution in [2.75, 3.05) is 18.2 Å². The van der Waals surface area contributed by atoms with E-state index in [1.54, 1.807) is 31.4 Å². The third kappa shape index (κ3) is 4.64. The topological polar surface area (TPSA) is 56.1 Å². The number of carbonyl (C=O) groups is 1. The highest BCUT2D eigenvalue weighted by molar-refractivity contribution is 7.99. The van der Waals surface area contributed by atoms with Crippen LogP contribution in [0.3, 0.4) is 0 Å². The first-order valence-corrected chi connectivity index (χ1v) is 8.89. The molecule has 0 saturated heterocycles. The number of benzene rings is 2. The zero-order valence-electron chi connectivity index (χ0n) is 13.9. The number of nitrogens with zero attached hydrogens (tertiary/aromatic N) is 2. The fourth-order valence-electron chi connectivity index (χ4n) is 2.35. The Kier molecular flexibility index (Phi) is 5.74. The molecule has 0 aliphatic rings. The van der Waals surface area contributed by atoms with Gasteiger partial charge in [-0.15, -0.1) is 11.8 Å². The minimum atomic E-state index is -0.00595. The Hall–Kier alpha value is -2.73. The zero-order chi connectivity index (χ0) is 17.5. The maximum absolute atomic E-state index is 12.3. The molecule has 0 bridgehead atoms. The van der Waals surface area contributed by atoms with Gasteiger partial charge in [-0.25, -0.2) is 4.98 Å². The van der Waals surface area contributed by atoms with Crippen molar-refractivity contribution < 1.29 is 9.53 Å². The average molecular weight is 353 g/mol. The molecule has 0 atom stereocenters. The van der Waals surface area contributed by atoms with Crippen LogP contribution >= 0.6 is 11.8 Å². The molecule has 5 nitrogen and oxygen atoms in total. The molecule has 0 aliphatic heterocycles. The summed E-state index contributed by atoms with van der Waals surface area (Å²) in [6, 6.07) is 15.5. The Morgan fingerprint density at radius 2 is 2.00 bits per heavy atom. The number of nitrogens with one attached hydrogen (secondary N) is 1. The lowest BCUT2D eigenvalue weighted by atomic mass is 10.2. The zero-order valence-corrected chi connectivity index (χ0v) is 14.7. The van der Waals surface area contributed by atoms with Gasteiger partial charge in [-0.3, -0.25) is 4.79 Å². The van der Waals surface area contributed by atoms with Crippen LogP contribution < -0.4 is 10.1 Å². The maximum Gasteiger partial charge on any atom is 0.225 e. The average Bonchev–Trinajstić information content (AvgIpc) is 3.17. The van der Waals surface area contributed by atoms with E-state index in [2.05, 4.69) is 10.3 Å². The summed E-state index contributed by atoms with van der Waals surface area (Å²) < 4.78 is 7.02. The predicted molar refractivity (Wildman–Crippen MR) is 101 cm³/mol. The number of hydrogen-bond acceptors (Lipinski definition) is 4. The van der Waals surface area contributed by atoms with Crippen LogP contribution in [0.5, 0.6) is 5.75 Å². The molecule has 2 aromatic carbocycles. The van der Waals surface area contributed by atoms with Gasteiger partial charge in [0, 0.05) is 29.5 Å². The van der Waals surface area contributed by atoms with Gasteiger partial charge in [0.05, 0.1) is 24.8 Å². The minimum absolute atomic E-state index is 0.00595. The lowest BCUT2D eigenvalue weighted by Gasteiger charge is -2.11. The Morgan fingerprint density at radius 1 is 1.20 bits per heavy atom. The quantitative estimate of drug-likeness (QED) is 0.652. The highest BCUT2D eigenvalue weighted by Crippen LogP contribution is 2.23. The molecular formula is C19H19N3O2S. The van der Waals surface area contributed by atoms with E-state index in [9.17, 15) is 4.79 Å². The van der Waals surface area contributed by atoms with Crippen molar-refractivity contribution in [2.45, 2.75) is 11.3 Å². The fraction of sp³-hybridized carbons (Fsp3) is 0.158. The van der Waals surface area contributed by atoms with Crippen LogP contribution in [0.15, 0.2) is 72.1 Å². The molecule has 1 amide bonds. The molecule has 3 aromatic rings. The van der Waals surface area contributed by atoms with Gasteiger partial charge in [-0.2, -0.15) is 0 Å². The molecule has 0 unspecified atom stereocenters. The van der Waals surface area contributed by atoms with E-state index in [4.69, 9.17) is 4.74 Å². The monoisotopic (exact) mass is 353 g/mol. The molecular weight excluding hydrogens is 334 g/mol. The van der Waals surface area contributed by atoms with Crippen LogP contribution in [-0.2, 0) is 4.79 Å². The summed E-state index contributed by atoms with van der Waals surface area (Å²) in [5, 5.41) is 2.98. The molecule has 0 aliphatic carbocycles. The van der Waals surface area contributed by atoms with Crippen molar-refractivity contribution in [3.63, 3.8) is 0 Å². The van der Waals surface area contributed by atoms with E-state index in [-0.39, 0.29) is 5.91 Å². The first kappa shape index (κ1) is 17.1. The molecule has 1 N–H and O–H groups in total. The number of imidazole rings is 1. The van der Waals surface area contributed by atoms with E-state index in [0.29, 0.717) is 12.2 Å². The molecule has 0 saturated carbocycles. The molecule has 6 heteroatoms. The van der Waals surface area contributed by atoms with E-state index in [1.165, 1.54) is 0 Å². The van der Waals surface area contributed by atoms with E-state index < -0.39 is 0 Å². The Morgan fingerprint density at radius 3 is 2.72 bits per heavy atom. The van der Waals surface area contributed by atoms with Crippen molar-refractivity contribution in [2.24, 2.45) is 0 Å². The van der Waals surface area contributed by atoms with Crippen LogP contribution in [0, 0.1) is 0 Å². The van der Waals surface area contributed by atoms with Crippen LogP contribution in [0.1, 0.15) is 6.42 Å².